The highest BCUT2D eigenvalue weighted by Gasteiger charge is 2.69. The van der Waals surface area contributed by atoms with E-state index in [-0.39, 0.29) is 53.9 Å². The van der Waals surface area contributed by atoms with Gasteiger partial charge in [-0.25, -0.2) is 0 Å². The monoisotopic (exact) mass is 461 g/mol. The van der Waals surface area contributed by atoms with Gasteiger partial charge in [0.25, 0.3) is 5.91 Å². The molecule has 5 atom stereocenters. The first-order valence-electron chi connectivity index (χ1n) is 10.9. The van der Waals surface area contributed by atoms with E-state index in [1.807, 2.05) is 0 Å². The van der Waals surface area contributed by atoms with Crippen molar-refractivity contribution < 1.29 is 23.9 Å². The predicted octanol–water partition coefficient (Wildman–Crippen LogP) is 1.41. The Balaban J connectivity index is 1.41. The highest BCUT2D eigenvalue weighted by Crippen LogP contribution is 2.64. The number of fused-ring (bicyclic) bond motifs is 1. The molecule has 1 aliphatic carbocycles. The molecule has 0 bridgehead atoms. The summed E-state index contributed by atoms with van der Waals surface area (Å²) in [5.41, 5.74) is -0.0438. The zero-order chi connectivity index (χ0) is 23.0. The van der Waals surface area contributed by atoms with E-state index in [4.69, 9.17) is 16.3 Å². The average Bonchev–Trinajstić information content (AvgIpc) is 3.13. The van der Waals surface area contributed by atoms with E-state index < -0.39 is 12.1 Å². The van der Waals surface area contributed by atoms with Gasteiger partial charge < -0.3 is 25.1 Å². The molecule has 32 heavy (non-hydrogen) atoms. The number of carbonyl (C=O) groups is 4. The van der Waals surface area contributed by atoms with E-state index >= 15 is 0 Å². The van der Waals surface area contributed by atoms with E-state index in [9.17, 15) is 19.2 Å². The van der Waals surface area contributed by atoms with Crippen LogP contribution in [0.3, 0.4) is 0 Å². The van der Waals surface area contributed by atoms with Gasteiger partial charge in [0.1, 0.15) is 18.1 Å². The fraction of sp³-hybridized carbons (Fsp3) is 0.565. The number of aldehydes is 1. The molecule has 9 heteroatoms. The van der Waals surface area contributed by atoms with Crippen molar-refractivity contribution in [3.05, 3.63) is 29.3 Å². The van der Waals surface area contributed by atoms with Crippen LogP contribution < -0.4 is 15.4 Å². The number of likely N-dealkylation sites (tertiary alicyclic amines) is 1. The maximum atomic E-state index is 13.2. The van der Waals surface area contributed by atoms with E-state index in [1.54, 1.807) is 29.2 Å². The zero-order valence-electron chi connectivity index (χ0n) is 18.2. The summed E-state index contributed by atoms with van der Waals surface area (Å²) >= 11 is 5.87. The molecule has 3 fully saturated rings. The Morgan fingerprint density at radius 1 is 1.34 bits per heavy atom. The Labute approximate surface area is 192 Å². The lowest BCUT2D eigenvalue weighted by Crippen LogP contribution is -2.53. The lowest BCUT2D eigenvalue weighted by Gasteiger charge is -2.31. The topological polar surface area (TPSA) is 105 Å². The van der Waals surface area contributed by atoms with Gasteiger partial charge in [-0.15, -0.1) is 0 Å². The van der Waals surface area contributed by atoms with E-state index in [0.717, 1.165) is 0 Å². The van der Waals surface area contributed by atoms with Crippen LogP contribution in [0.25, 0.3) is 0 Å². The highest BCUT2D eigenvalue weighted by molar-refractivity contribution is 6.30. The number of nitrogens with zero attached hydrogens (tertiary/aromatic N) is 1. The summed E-state index contributed by atoms with van der Waals surface area (Å²) in [7, 11) is 0. The van der Waals surface area contributed by atoms with Gasteiger partial charge >= 0.3 is 0 Å². The number of nitrogens with one attached hydrogen (secondary N) is 2. The van der Waals surface area contributed by atoms with Crippen LogP contribution in [0.5, 0.6) is 5.75 Å². The van der Waals surface area contributed by atoms with Gasteiger partial charge in [0.05, 0.1) is 6.04 Å². The third-order valence-corrected chi connectivity index (χ3v) is 7.42. The van der Waals surface area contributed by atoms with Crippen molar-refractivity contribution in [2.24, 2.45) is 23.2 Å². The number of carbonyl (C=O) groups excluding carboxylic acids is 4. The van der Waals surface area contributed by atoms with Crippen molar-refractivity contribution in [2.45, 2.75) is 38.8 Å². The van der Waals surface area contributed by atoms with Gasteiger partial charge in [0, 0.05) is 24.0 Å². The molecular formula is C23H28ClN3O5. The first-order valence-corrected chi connectivity index (χ1v) is 11.3. The third-order valence-electron chi connectivity index (χ3n) is 7.17. The Bertz CT molecular complexity index is 919. The van der Waals surface area contributed by atoms with Crippen LogP contribution in [0.15, 0.2) is 24.3 Å². The van der Waals surface area contributed by atoms with E-state index in [1.165, 1.54) is 0 Å². The summed E-state index contributed by atoms with van der Waals surface area (Å²) in [6.07, 6.45) is 1.58. The number of rotatable bonds is 8. The number of hydrogen-bond acceptors (Lipinski definition) is 5. The summed E-state index contributed by atoms with van der Waals surface area (Å²) < 4.78 is 5.59. The van der Waals surface area contributed by atoms with Gasteiger partial charge in [-0.1, -0.05) is 25.4 Å². The lowest BCUT2D eigenvalue weighted by molar-refractivity contribution is -0.142. The summed E-state index contributed by atoms with van der Waals surface area (Å²) in [4.78, 5) is 51.2. The maximum Gasteiger partial charge on any atom is 0.261 e. The lowest BCUT2D eigenvalue weighted by atomic mass is 9.97. The number of hydrogen-bond donors (Lipinski definition) is 2. The molecule has 2 N–H and O–H groups in total. The molecule has 2 aliphatic heterocycles. The van der Waals surface area contributed by atoms with Crippen LogP contribution >= 0.6 is 11.6 Å². The Hall–Kier alpha value is -2.61. The second-order valence-electron chi connectivity index (χ2n) is 9.45. The Kier molecular flexibility index (Phi) is 6.16. The largest absolute Gasteiger partial charge is 0.484 e. The molecule has 3 aliphatic rings. The highest BCUT2D eigenvalue weighted by atomic mass is 35.5. The summed E-state index contributed by atoms with van der Waals surface area (Å²) in [5.74, 6) is -0.225. The Morgan fingerprint density at radius 3 is 2.69 bits per heavy atom. The minimum absolute atomic E-state index is 0.0315. The van der Waals surface area contributed by atoms with Crippen LogP contribution in [0.1, 0.15) is 26.7 Å². The molecule has 8 nitrogen and oxygen atoms in total. The van der Waals surface area contributed by atoms with E-state index in [0.29, 0.717) is 36.6 Å². The van der Waals surface area contributed by atoms with Crippen molar-refractivity contribution in [3.8, 4) is 5.75 Å². The fourth-order valence-corrected chi connectivity index (χ4v) is 5.32. The minimum atomic E-state index is -0.764. The number of piperidine rings is 1. The molecule has 3 amide bonds. The molecule has 1 aromatic rings. The smallest absolute Gasteiger partial charge is 0.261 e. The van der Waals surface area contributed by atoms with Crippen LogP contribution in [-0.2, 0) is 19.2 Å². The predicted molar refractivity (Wildman–Crippen MR) is 117 cm³/mol. The number of benzene rings is 1. The SMILES string of the molecule is CC1(C)[C@@H]2[C@@H](C(=O)N[C@H](C=O)C[C@@H]3CCNC3=O)N(C(=O)COc3ccc(Cl)cc3)C[C@@H]21. The van der Waals surface area contributed by atoms with Crippen LogP contribution in [0, 0.1) is 23.2 Å². The standard InChI is InChI=1S/C23H28ClN3O5/c1-23(2)17-10-27(18(29)12-32-16-5-3-14(24)4-6-16)20(19(17)23)22(31)26-15(11-28)9-13-7-8-25-21(13)30/h3-6,11,13,15,17,19-20H,7-10,12H2,1-2H3,(H,25,30)(H,26,31)/t13-,15-,17-,19-,20-/m0/s1. The van der Waals surface area contributed by atoms with Crippen molar-refractivity contribution >= 4 is 35.6 Å². The summed E-state index contributed by atoms with van der Waals surface area (Å²) in [5, 5.41) is 6.09. The third kappa shape index (κ3) is 4.33. The maximum absolute atomic E-state index is 13.2. The molecule has 172 valence electrons. The molecule has 4 rings (SSSR count). The quantitative estimate of drug-likeness (QED) is 0.569. The second-order valence-corrected chi connectivity index (χ2v) is 9.89. The molecule has 0 radical (unpaired) electrons. The fourth-order valence-electron chi connectivity index (χ4n) is 5.19. The number of amides is 3. The minimum Gasteiger partial charge on any atom is -0.484 e. The average molecular weight is 462 g/mol. The molecular weight excluding hydrogens is 434 g/mol. The van der Waals surface area contributed by atoms with Crippen LogP contribution in [0.2, 0.25) is 5.02 Å². The van der Waals surface area contributed by atoms with Crippen LogP contribution in [0.4, 0.5) is 0 Å². The van der Waals surface area contributed by atoms with Gasteiger partial charge in [0.15, 0.2) is 6.61 Å². The van der Waals surface area contributed by atoms with Crippen molar-refractivity contribution in [1.82, 2.24) is 15.5 Å². The summed E-state index contributed by atoms with van der Waals surface area (Å²) in [6.45, 7) is 5.06. The first-order chi connectivity index (χ1) is 15.2. The molecule has 2 saturated heterocycles. The number of halogens is 1. The zero-order valence-corrected chi connectivity index (χ0v) is 18.9. The van der Waals surface area contributed by atoms with Crippen LogP contribution in [-0.4, -0.2) is 60.7 Å². The second kappa shape index (κ2) is 8.73. The molecule has 1 aromatic carbocycles. The van der Waals surface area contributed by atoms with Gasteiger partial charge in [-0.05, 0) is 54.4 Å². The Morgan fingerprint density at radius 2 is 2.06 bits per heavy atom. The van der Waals surface area contributed by atoms with Crippen molar-refractivity contribution in [2.75, 3.05) is 19.7 Å². The molecule has 1 saturated carbocycles. The normalized spacial score (nSPS) is 28.5. The molecule has 0 spiro atoms. The molecule has 0 aromatic heterocycles. The van der Waals surface area contributed by atoms with Crippen molar-refractivity contribution in [1.29, 1.82) is 0 Å². The summed E-state index contributed by atoms with van der Waals surface area (Å²) in [6, 6.07) is 5.29. The molecule has 0 unspecified atom stereocenters. The molecule has 2 heterocycles. The van der Waals surface area contributed by atoms with Gasteiger partial charge in [-0.3, -0.25) is 14.4 Å². The van der Waals surface area contributed by atoms with Gasteiger partial charge in [-0.2, -0.15) is 0 Å². The first kappa shape index (κ1) is 22.6. The van der Waals surface area contributed by atoms with E-state index in [2.05, 4.69) is 24.5 Å². The van der Waals surface area contributed by atoms with Crippen molar-refractivity contribution in [3.63, 3.8) is 0 Å². The van der Waals surface area contributed by atoms with Gasteiger partial charge in [0.2, 0.25) is 11.8 Å². The number of ether oxygens (including phenoxy) is 1.